The Morgan fingerprint density at radius 1 is 1.23 bits per heavy atom. The molecule has 0 spiro atoms. The van der Waals surface area contributed by atoms with E-state index in [1.165, 1.54) is 0 Å². The van der Waals surface area contributed by atoms with Crippen molar-refractivity contribution in [2.45, 2.75) is 25.8 Å². The van der Waals surface area contributed by atoms with Crippen molar-refractivity contribution in [3.8, 4) is 11.5 Å². The maximum absolute atomic E-state index is 12.4. The van der Waals surface area contributed by atoms with E-state index in [1.807, 2.05) is 25.1 Å². The van der Waals surface area contributed by atoms with Crippen LogP contribution in [-0.4, -0.2) is 45.2 Å². The number of methoxy groups -OCH3 is 2. The average Bonchev–Trinajstić information content (AvgIpc) is 2.54. The second-order valence-corrected chi connectivity index (χ2v) is 5.92. The van der Waals surface area contributed by atoms with Crippen LogP contribution in [0.3, 0.4) is 0 Å². The van der Waals surface area contributed by atoms with Crippen molar-refractivity contribution in [2.24, 2.45) is 5.92 Å². The Morgan fingerprint density at radius 3 is 2.45 bits per heavy atom. The molecule has 2 rings (SSSR count). The van der Waals surface area contributed by atoms with Gasteiger partial charge in [-0.25, -0.2) is 0 Å². The largest absolute Gasteiger partial charge is 0.493 e. The highest BCUT2D eigenvalue weighted by molar-refractivity contribution is 5.79. The van der Waals surface area contributed by atoms with Crippen molar-refractivity contribution in [1.29, 1.82) is 0 Å². The molecule has 0 unspecified atom stereocenters. The normalized spacial score (nSPS) is 17.8. The molecule has 1 N–H and O–H groups in total. The summed E-state index contributed by atoms with van der Waals surface area (Å²) in [5.74, 6) is 1.65. The van der Waals surface area contributed by atoms with E-state index >= 15 is 0 Å². The van der Waals surface area contributed by atoms with Gasteiger partial charge in [0.05, 0.1) is 20.3 Å². The van der Waals surface area contributed by atoms with Gasteiger partial charge in [-0.2, -0.15) is 0 Å². The van der Waals surface area contributed by atoms with E-state index < -0.39 is 0 Å². The van der Waals surface area contributed by atoms with E-state index in [1.54, 1.807) is 14.2 Å². The molecule has 1 aliphatic rings. The van der Waals surface area contributed by atoms with Crippen LogP contribution in [0, 0.1) is 5.92 Å². The lowest BCUT2D eigenvalue weighted by atomic mass is 9.95. The number of benzene rings is 1. The van der Waals surface area contributed by atoms with Crippen LogP contribution >= 0.6 is 0 Å². The fraction of sp³-hybridized carbons (Fsp3) is 0.588. The number of amides is 1. The number of carbonyl (C=O) groups excluding carboxylic acids is 1. The van der Waals surface area contributed by atoms with Gasteiger partial charge < -0.3 is 19.7 Å². The summed E-state index contributed by atoms with van der Waals surface area (Å²) in [4.78, 5) is 14.6. The second kappa shape index (κ2) is 7.49. The summed E-state index contributed by atoms with van der Waals surface area (Å²) in [6, 6.07) is 5.69. The molecule has 1 aromatic rings. The maximum Gasteiger partial charge on any atom is 0.223 e. The monoisotopic (exact) mass is 306 g/mol. The molecule has 22 heavy (non-hydrogen) atoms. The van der Waals surface area contributed by atoms with E-state index in [9.17, 15) is 4.79 Å². The fourth-order valence-electron chi connectivity index (χ4n) is 2.81. The average molecular weight is 306 g/mol. The van der Waals surface area contributed by atoms with Crippen LogP contribution in [0.25, 0.3) is 0 Å². The number of ether oxygens (including phenoxy) is 2. The summed E-state index contributed by atoms with van der Waals surface area (Å²) in [6.07, 6.45) is 1.86. The van der Waals surface area contributed by atoms with Gasteiger partial charge in [0.25, 0.3) is 0 Å². The SMILES string of the molecule is COc1ccc([C@@H](C)NC(=O)C2CCN(C)CC2)cc1OC. The summed E-state index contributed by atoms with van der Waals surface area (Å²) in [6.45, 7) is 3.97. The highest BCUT2D eigenvalue weighted by Gasteiger charge is 2.24. The lowest BCUT2D eigenvalue weighted by molar-refractivity contribution is -0.127. The third-order valence-electron chi connectivity index (χ3n) is 4.36. The first kappa shape index (κ1) is 16.6. The summed E-state index contributed by atoms with van der Waals surface area (Å²) >= 11 is 0. The summed E-state index contributed by atoms with van der Waals surface area (Å²) in [5, 5.41) is 3.12. The van der Waals surface area contributed by atoms with Gasteiger partial charge in [-0.3, -0.25) is 4.79 Å². The highest BCUT2D eigenvalue weighted by Crippen LogP contribution is 2.30. The number of piperidine rings is 1. The van der Waals surface area contributed by atoms with E-state index in [2.05, 4.69) is 17.3 Å². The highest BCUT2D eigenvalue weighted by atomic mass is 16.5. The number of nitrogens with zero attached hydrogens (tertiary/aromatic N) is 1. The summed E-state index contributed by atoms with van der Waals surface area (Å²) in [5.41, 5.74) is 1.01. The molecule has 122 valence electrons. The number of carbonyl (C=O) groups is 1. The van der Waals surface area contributed by atoms with Crippen molar-refractivity contribution in [3.63, 3.8) is 0 Å². The summed E-state index contributed by atoms with van der Waals surface area (Å²) < 4.78 is 10.6. The van der Waals surface area contributed by atoms with Crippen LogP contribution in [0.15, 0.2) is 18.2 Å². The molecule has 1 saturated heterocycles. The van der Waals surface area contributed by atoms with E-state index in [4.69, 9.17) is 9.47 Å². The lowest BCUT2D eigenvalue weighted by Gasteiger charge is -2.29. The number of hydrogen-bond acceptors (Lipinski definition) is 4. The molecule has 0 saturated carbocycles. The second-order valence-electron chi connectivity index (χ2n) is 5.92. The molecule has 5 heteroatoms. The lowest BCUT2D eigenvalue weighted by Crippen LogP contribution is -2.39. The van der Waals surface area contributed by atoms with Crippen molar-refractivity contribution in [1.82, 2.24) is 10.2 Å². The van der Waals surface area contributed by atoms with E-state index in [0.29, 0.717) is 11.5 Å². The maximum atomic E-state index is 12.4. The fourth-order valence-corrected chi connectivity index (χ4v) is 2.81. The molecular formula is C17H26N2O3. The third kappa shape index (κ3) is 3.91. The third-order valence-corrected chi connectivity index (χ3v) is 4.36. The quantitative estimate of drug-likeness (QED) is 0.906. The van der Waals surface area contributed by atoms with Gasteiger partial charge >= 0.3 is 0 Å². The first-order chi connectivity index (χ1) is 10.5. The van der Waals surface area contributed by atoms with Gasteiger partial charge in [-0.1, -0.05) is 6.07 Å². The van der Waals surface area contributed by atoms with Crippen molar-refractivity contribution in [3.05, 3.63) is 23.8 Å². The Morgan fingerprint density at radius 2 is 1.86 bits per heavy atom. The van der Waals surface area contributed by atoms with Crippen LogP contribution in [0.4, 0.5) is 0 Å². The van der Waals surface area contributed by atoms with Crippen molar-refractivity contribution < 1.29 is 14.3 Å². The molecule has 1 fully saturated rings. The number of nitrogens with one attached hydrogen (secondary N) is 1. The first-order valence-electron chi connectivity index (χ1n) is 7.76. The number of rotatable bonds is 5. The minimum Gasteiger partial charge on any atom is -0.493 e. The van der Waals surface area contributed by atoms with Crippen molar-refractivity contribution >= 4 is 5.91 Å². The minimum atomic E-state index is -0.0491. The zero-order chi connectivity index (χ0) is 16.1. The smallest absolute Gasteiger partial charge is 0.223 e. The Hall–Kier alpha value is -1.75. The molecule has 1 atom stereocenters. The molecule has 1 heterocycles. The molecule has 5 nitrogen and oxygen atoms in total. The van der Waals surface area contributed by atoms with Crippen LogP contribution < -0.4 is 14.8 Å². The number of likely N-dealkylation sites (tertiary alicyclic amines) is 1. The Bertz CT molecular complexity index is 511. The Labute approximate surface area is 132 Å². The van der Waals surface area contributed by atoms with Crippen LogP contribution in [0.5, 0.6) is 11.5 Å². The topological polar surface area (TPSA) is 50.8 Å². The predicted molar refractivity (Wildman–Crippen MR) is 86.3 cm³/mol. The van der Waals surface area contributed by atoms with Crippen LogP contribution in [0.1, 0.15) is 31.4 Å². The van der Waals surface area contributed by atoms with E-state index in [0.717, 1.165) is 31.5 Å². The predicted octanol–water partition coefficient (Wildman–Crippen LogP) is 2.22. The standard InChI is InChI=1S/C17H26N2O3/c1-12(14-5-6-15(21-3)16(11-14)22-4)18-17(20)13-7-9-19(2)10-8-13/h5-6,11-13H,7-10H2,1-4H3,(H,18,20)/t12-/m1/s1. The van der Waals surface area contributed by atoms with Gasteiger partial charge in [0.1, 0.15) is 0 Å². The van der Waals surface area contributed by atoms with Gasteiger partial charge in [-0.05, 0) is 57.6 Å². The van der Waals surface area contributed by atoms with Crippen molar-refractivity contribution in [2.75, 3.05) is 34.4 Å². The van der Waals surface area contributed by atoms with Gasteiger partial charge in [-0.15, -0.1) is 0 Å². The molecule has 0 bridgehead atoms. The van der Waals surface area contributed by atoms with Gasteiger partial charge in [0.15, 0.2) is 11.5 Å². The molecule has 0 aliphatic carbocycles. The Kier molecular flexibility index (Phi) is 5.66. The minimum absolute atomic E-state index is 0.0491. The van der Waals surface area contributed by atoms with E-state index in [-0.39, 0.29) is 17.9 Å². The van der Waals surface area contributed by atoms with Crippen LogP contribution in [-0.2, 0) is 4.79 Å². The first-order valence-corrected chi connectivity index (χ1v) is 7.76. The molecule has 1 aromatic carbocycles. The number of hydrogen-bond donors (Lipinski definition) is 1. The van der Waals surface area contributed by atoms with Gasteiger partial charge in [0, 0.05) is 5.92 Å². The Balaban J connectivity index is 1.99. The molecule has 1 amide bonds. The molecule has 0 aromatic heterocycles. The molecule has 0 radical (unpaired) electrons. The molecule has 1 aliphatic heterocycles. The summed E-state index contributed by atoms with van der Waals surface area (Å²) in [7, 11) is 5.33. The van der Waals surface area contributed by atoms with Gasteiger partial charge in [0.2, 0.25) is 5.91 Å². The van der Waals surface area contributed by atoms with Crippen LogP contribution in [0.2, 0.25) is 0 Å². The zero-order valence-electron chi connectivity index (χ0n) is 13.9. The zero-order valence-corrected chi connectivity index (χ0v) is 13.9. The molecular weight excluding hydrogens is 280 g/mol.